The SMILES string of the molecule is O=C(O[C@@H]1[C@@H](OCc2ccccc2)[C@@H](OCc2ccccc2)[C@@H](C(=O)O)O[C@H]1Sc1ccccc1)c1ccccc1. The summed E-state index contributed by atoms with van der Waals surface area (Å²) in [5.41, 5.74) is 1.22. The summed E-state index contributed by atoms with van der Waals surface area (Å²) in [6.45, 7) is 0.283. The summed E-state index contributed by atoms with van der Waals surface area (Å²) in [5.74, 6) is -1.76. The lowest BCUT2D eigenvalue weighted by Gasteiger charge is -2.44. The van der Waals surface area contributed by atoms with Crippen LogP contribution in [0.25, 0.3) is 0 Å². The first-order valence-corrected chi connectivity index (χ1v) is 14.1. The van der Waals surface area contributed by atoms with Crippen molar-refractivity contribution in [2.24, 2.45) is 0 Å². The highest BCUT2D eigenvalue weighted by atomic mass is 32.2. The highest BCUT2D eigenvalue weighted by Gasteiger charge is 2.52. The number of carbonyl (C=O) groups excluding carboxylic acids is 1. The highest BCUT2D eigenvalue weighted by Crippen LogP contribution is 2.38. The van der Waals surface area contributed by atoms with Gasteiger partial charge in [0.05, 0.1) is 18.8 Å². The minimum atomic E-state index is -1.37. The van der Waals surface area contributed by atoms with Gasteiger partial charge in [0.1, 0.15) is 17.6 Å². The van der Waals surface area contributed by atoms with Crippen LogP contribution in [-0.2, 0) is 37.0 Å². The molecule has 8 heteroatoms. The van der Waals surface area contributed by atoms with Crippen molar-refractivity contribution >= 4 is 23.7 Å². The van der Waals surface area contributed by atoms with E-state index in [1.165, 1.54) is 11.8 Å². The summed E-state index contributed by atoms with van der Waals surface area (Å²) < 4.78 is 24.9. The third-order valence-electron chi connectivity index (χ3n) is 6.56. The fraction of sp³-hybridized carbons (Fsp3) is 0.212. The number of carboxylic acid groups (broad SMARTS) is 1. The molecule has 41 heavy (non-hydrogen) atoms. The van der Waals surface area contributed by atoms with Crippen LogP contribution in [0.5, 0.6) is 0 Å². The summed E-state index contributed by atoms with van der Waals surface area (Å²) in [7, 11) is 0. The van der Waals surface area contributed by atoms with Crippen LogP contribution in [0.1, 0.15) is 21.5 Å². The average molecular weight is 571 g/mol. The largest absolute Gasteiger partial charge is 0.479 e. The topological polar surface area (TPSA) is 91.3 Å². The number of thioether (sulfide) groups is 1. The van der Waals surface area contributed by atoms with Gasteiger partial charge >= 0.3 is 11.9 Å². The maximum absolute atomic E-state index is 13.3. The number of rotatable bonds is 11. The molecule has 1 saturated heterocycles. The number of carbonyl (C=O) groups is 2. The van der Waals surface area contributed by atoms with E-state index < -0.39 is 41.8 Å². The van der Waals surface area contributed by atoms with Gasteiger partial charge in [-0.25, -0.2) is 9.59 Å². The van der Waals surface area contributed by atoms with Crippen LogP contribution in [0.3, 0.4) is 0 Å². The van der Waals surface area contributed by atoms with E-state index in [1.54, 1.807) is 24.3 Å². The maximum atomic E-state index is 13.3. The van der Waals surface area contributed by atoms with E-state index in [-0.39, 0.29) is 13.2 Å². The molecule has 1 aliphatic rings. The van der Waals surface area contributed by atoms with Gasteiger partial charge in [0.25, 0.3) is 0 Å². The molecule has 1 heterocycles. The molecule has 210 valence electrons. The van der Waals surface area contributed by atoms with Gasteiger partial charge < -0.3 is 24.1 Å². The molecule has 4 aromatic carbocycles. The fourth-order valence-corrected chi connectivity index (χ4v) is 5.64. The van der Waals surface area contributed by atoms with E-state index in [0.29, 0.717) is 5.56 Å². The maximum Gasteiger partial charge on any atom is 0.338 e. The van der Waals surface area contributed by atoms with Crippen molar-refractivity contribution in [2.75, 3.05) is 0 Å². The van der Waals surface area contributed by atoms with E-state index in [9.17, 15) is 14.7 Å². The second-order valence-corrected chi connectivity index (χ2v) is 10.6. The number of hydrogen-bond acceptors (Lipinski definition) is 7. The lowest BCUT2D eigenvalue weighted by Crippen LogP contribution is -2.61. The van der Waals surface area contributed by atoms with Crippen LogP contribution in [0, 0.1) is 0 Å². The van der Waals surface area contributed by atoms with Crippen molar-refractivity contribution in [3.05, 3.63) is 138 Å². The average Bonchev–Trinajstić information content (AvgIpc) is 3.02. The minimum Gasteiger partial charge on any atom is -0.479 e. The molecule has 4 aromatic rings. The predicted octanol–water partition coefficient (Wildman–Crippen LogP) is 5.98. The van der Waals surface area contributed by atoms with Gasteiger partial charge in [0.2, 0.25) is 0 Å². The number of hydrogen-bond donors (Lipinski definition) is 1. The zero-order valence-corrected chi connectivity index (χ0v) is 23.0. The standard InChI is InChI=1S/C33H30O7S/c34-31(35)29-27(37-21-23-13-5-1-6-14-23)28(38-22-24-15-7-2-8-16-24)30(39-32(36)25-17-9-3-10-18-25)33(40-29)41-26-19-11-4-12-20-26/h1-20,27-30,33H,21-22H2,(H,34,35)/t27-,28+,29+,30-,33+/m1/s1. The fourth-order valence-electron chi connectivity index (χ4n) is 4.53. The number of carboxylic acids is 1. The molecule has 0 radical (unpaired) electrons. The smallest absolute Gasteiger partial charge is 0.338 e. The lowest BCUT2D eigenvalue weighted by atomic mass is 9.98. The Morgan fingerprint density at radius 1 is 0.659 bits per heavy atom. The quantitative estimate of drug-likeness (QED) is 0.220. The number of aliphatic carboxylic acids is 1. The van der Waals surface area contributed by atoms with E-state index in [1.807, 2.05) is 97.1 Å². The second-order valence-electron chi connectivity index (χ2n) is 9.45. The first-order chi connectivity index (χ1) is 20.1. The molecular weight excluding hydrogens is 540 g/mol. The van der Waals surface area contributed by atoms with Crippen molar-refractivity contribution in [2.45, 2.75) is 48.0 Å². The first-order valence-electron chi connectivity index (χ1n) is 13.3. The number of ether oxygens (including phenoxy) is 4. The Morgan fingerprint density at radius 3 is 1.68 bits per heavy atom. The Morgan fingerprint density at radius 2 is 1.15 bits per heavy atom. The van der Waals surface area contributed by atoms with Gasteiger partial charge in [0.15, 0.2) is 12.2 Å². The first kappa shape index (κ1) is 28.6. The predicted molar refractivity (Wildman–Crippen MR) is 154 cm³/mol. The molecule has 0 aromatic heterocycles. The molecule has 0 aliphatic carbocycles. The summed E-state index contributed by atoms with van der Waals surface area (Å²) >= 11 is 1.27. The Bertz CT molecular complexity index is 1390. The van der Waals surface area contributed by atoms with Gasteiger partial charge in [-0.3, -0.25) is 0 Å². The third kappa shape index (κ3) is 7.62. The number of esters is 1. The normalized spacial score (nSPS) is 22.1. The molecule has 0 saturated carbocycles. The summed E-state index contributed by atoms with van der Waals surface area (Å²) in [5, 5.41) is 10.3. The second kappa shape index (κ2) is 14.1. The molecule has 5 rings (SSSR count). The molecule has 0 unspecified atom stereocenters. The monoisotopic (exact) mass is 570 g/mol. The molecule has 1 aliphatic heterocycles. The number of benzene rings is 4. The van der Waals surface area contributed by atoms with Crippen molar-refractivity contribution < 1.29 is 33.6 Å². The van der Waals surface area contributed by atoms with Crippen LogP contribution in [-0.4, -0.2) is 46.9 Å². The molecular formula is C33H30O7S. The third-order valence-corrected chi connectivity index (χ3v) is 7.71. The van der Waals surface area contributed by atoms with Crippen molar-refractivity contribution in [3.63, 3.8) is 0 Å². The van der Waals surface area contributed by atoms with E-state index in [0.717, 1.165) is 16.0 Å². The van der Waals surface area contributed by atoms with Gasteiger partial charge in [-0.05, 0) is 35.4 Å². The van der Waals surface area contributed by atoms with E-state index >= 15 is 0 Å². The van der Waals surface area contributed by atoms with Crippen molar-refractivity contribution in [3.8, 4) is 0 Å². The van der Waals surface area contributed by atoms with Crippen LogP contribution in [0.2, 0.25) is 0 Å². The zero-order valence-electron chi connectivity index (χ0n) is 22.2. The van der Waals surface area contributed by atoms with Gasteiger partial charge in [0, 0.05) is 4.90 Å². The lowest BCUT2D eigenvalue weighted by molar-refractivity contribution is -0.236. The zero-order chi connectivity index (χ0) is 28.4. The van der Waals surface area contributed by atoms with Crippen LogP contribution in [0.15, 0.2) is 126 Å². The Kier molecular flexibility index (Phi) is 9.82. The van der Waals surface area contributed by atoms with Crippen LogP contribution < -0.4 is 0 Å². The van der Waals surface area contributed by atoms with E-state index in [4.69, 9.17) is 18.9 Å². The molecule has 0 bridgehead atoms. The Hall–Kier alpha value is -3.95. The Labute approximate surface area is 243 Å². The molecule has 1 N–H and O–H groups in total. The molecule has 0 amide bonds. The van der Waals surface area contributed by atoms with Crippen molar-refractivity contribution in [1.29, 1.82) is 0 Å². The van der Waals surface area contributed by atoms with Crippen LogP contribution >= 0.6 is 11.8 Å². The molecule has 0 spiro atoms. The molecule has 1 fully saturated rings. The van der Waals surface area contributed by atoms with Gasteiger partial charge in [-0.2, -0.15) is 0 Å². The summed E-state index contributed by atoms with van der Waals surface area (Å²) in [4.78, 5) is 26.7. The van der Waals surface area contributed by atoms with Crippen molar-refractivity contribution in [1.82, 2.24) is 0 Å². The summed E-state index contributed by atoms with van der Waals surface area (Å²) in [6.07, 6.45) is -4.39. The highest BCUT2D eigenvalue weighted by molar-refractivity contribution is 7.99. The van der Waals surface area contributed by atoms with E-state index in [2.05, 4.69) is 0 Å². The molecule has 7 nitrogen and oxygen atoms in total. The molecule has 5 atom stereocenters. The van der Waals surface area contributed by atoms with Gasteiger partial charge in [-0.15, -0.1) is 0 Å². The summed E-state index contributed by atoms with van der Waals surface area (Å²) in [6, 6.07) is 37.0. The van der Waals surface area contributed by atoms with Gasteiger partial charge in [-0.1, -0.05) is 109 Å². The minimum absolute atomic E-state index is 0.125. The van der Waals surface area contributed by atoms with Crippen LogP contribution in [0.4, 0.5) is 0 Å². The Balaban J connectivity index is 1.50.